The first kappa shape index (κ1) is 15.5. The molecular formula is C15H25N5O2. The van der Waals surface area contributed by atoms with Crippen molar-refractivity contribution in [2.24, 2.45) is 0 Å². The molecule has 2 aliphatic rings. The summed E-state index contributed by atoms with van der Waals surface area (Å²) in [7, 11) is 0. The summed E-state index contributed by atoms with van der Waals surface area (Å²) in [6.07, 6.45) is 0.917. The van der Waals surface area contributed by atoms with E-state index in [1.807, 2.05) is 11.8 Å². The number of hydrogen-bond acceptors (Lipinski definition) is 5. The maximum absolute atomic E-state index is 12.7. The van der Waals surface area contributed by atoms with E-state index in [-0.39, 0.29) is 5.91 Å². The summed E-state index contributed by atoms with van der Waals surface area (Å²) in [5.74, 6) is 0.0608. The van der Waals surface area contributed by atoms with Gasteiger partial charge in [-0.2, -0.15) is 5.10 Å². The summed E-state index contributed by atoms with van der Waals surface area (Å²) >= 11 is 0. The molecule has 0 aromatic carbocycles. The molecule has 3 heterocycles. The highest BCUT2D eigenvalue weighted by atomic mass is 16.5. The molecule has 0 saturated carbocycles. The highest BCUT2D eigenvalue weighted by molar-refractivity contribution is 5.94. The van der Waals surface area contributed by atoms with Crippen LogP contribution in [0.5, 0.6) is 0 Å². The number of fused-ring (bicyclic) bond motifs is 1. The molecule has 3 rings (SSSR count). The molecule has 7 nitrogen and oxygen atoms in total. The van der Waals surface area contributed by atoms with Gasteiger partial charge in [0.05, 0.1) is 6.61 Å². The number of piperazine rings is 1. The highest BCUT2D eigenvalue weighted by Crippen LogP contribution is 2.17. The SMILES string of the molecule is CCOCCN1CCN(C(=O)c2n[nH]c3c2CNCC3)CC1. The summed E-state index contributed by atoms with van der Waals surface area (Å²) in [5.41, 5.74) is 2.76. The van der Waals surface area contributed by atoms with Gasteiger partial charge in [0, 0.05) is 70.1 Å². The first-order chi connectivity index (χ1) is 10.8. The Balaban J connectivity index is 1.55. The Morgan fingerprint density at radius 3 is 2.91 bits per heavy atom. The van der Waals surface area contributed by atoms with Crippen molar-refractivity contribution in [1.29, 1.82) is 0 Å². The van der Waals surface area contributed by atoms with E-state index in [1.165, 1.54) is 0 Å². The van der Waals surface area contributed by atoms with E-state index in [0.717, 1.165) is 76.7 Å². The summed E-state index contributed by atoms with van der Waals surface area (Å²) in [6.45, 7) is 9.50. The Hall–Kier alpha value is -1.44. The van der Waals surface area contributed by atoms with Crippen molar-refractivity contribution in [2.75, 3.05) is 52.5 Å². The Morgan fingerprint density at radius 1 is 1.32 bits per heavy atom. The van der Waals surface area contributed by atoms with Crippen LogP contribution in [-0.2, 0) is 17.7 Å². The first-order valence-electron chi connectivity index (χ1n) is 8.15. The van der Waals surface area contributed by atoms with Gasteiger partial charge in [0.2, 0.25) is 0 Å². The molecule has 2 N–H and O–H groups in total. The van der Waals surface area contributed by atoms with E-state index in [0.29, 0.717) is 5.69 Å². The number of aromatic amines is 1. The topological polar surface area (TPSA) is 73.5 Å². The van der Waals surface area contributed by atoms with E-state index in [2.05, 4.69) is 20.4 Å². The molecule has 122 valence electrons. The van der Waals surface area contributed by atoms with Crippen LogP contribution < -0.4 is 5.32 Å². The second kappa shape index (κ2) is 7.21. The van der Waals surface area contributed by atoms with Gasteiger partial charge in [-0.25, -0.2) is 0 Å². The van der Waals surface area contributed by atoms with Gasteiger partial charge in [0.1, 0.15) is 0 Å². The molecule has 0 unspecified atom stereocenters. The monoisotopic (exact) mass is 307 g/mol. The van der Waals surface area contributed by atoms with Crippen LogP contribution >= 0.6 is 0 Å². The van der Waals surface area contributed by atoms with Gasteiger partial charge in [0.15, 0.2) is 5.69 Å². The quantitative estimate of drug-likeness (QED) is 0.740. The van der Waals surface area contributed by atoms with Crippen molar-refractivity contribution < 1.29 is 9.53 Å². The van der Waals surface area contributed by atoms with Gasteiger partial charge < -0.3 is 15.0 Å². The molecule has 22 heavy (non-hydrogen) atoms. The summed E-state index contributed by atoms with van der Waals surface area (Å²) in [4.78, 5) is 16.9. The number of carbonyl (C=O) groups excluding carboxylic acids is 1. The molecule has 2 aliphatic heterocycles. The number of nitrogens with zero attached hydrogens (tertiary/aromatic N) is 3. The van der Waals surface area contributed by atoms with Crippen molar-refractivity contribution in [3.05, 3.63) is 17.0 Å². The molecule has 1 saturated heterocycles. The van der Waals surface area contributed by atoms with Gasteiger partial charge in [-0.05, 0) is 6.92 Å². The van der Waals surface area contributed by atoms with Gasteiger partial charge in [-0.3, -0.25) is 14.8 Å². The molecule has 1 amide bonds. The summed E-state index contributed by atoms with van der Waals surface area (Å²) in [5, 5.41) is 10.6. The van der Waals surface area contributed by atoms with Crippen LogP contribution in [0.25, 0.3) is 0 Å². The maximum Gasteiger partial charge on any atom is 0.274 e. The summed E-state index contributed by atoms with van der Waals surface area (Å²) in [6, 6.07) is 0. The van der Waals surface area contributed by atoms with E-state index in [9.17, 15) is 4.79 Å². The number of hydrogen-bond donors (Lipinski definition) is 2. The molecule has 0 aliphatic carbocycles. The standard InChI is InChI=1S/C15H25N5O2/c1-2-22-10-9-19-5-7-20(8-6-19)15(21)14-12-11-16-4-3-13(12)17-18-14/h16H,2-11H2,1H3,(H,17,18). The van der Waals surface area contributed by atoms with Crippen molar-refractivity contribution in [1.82, 2.24) is 25.3 Å². The van der Waals surface area contributed by atoms with Crippen LogP contribution in [-0.4, -0.2) is 78.4 Å². The van der Waals surface area contributed by atoms with Crippen molar-refractivity contribution in [3.63, 3.8) is 0 Å². The lowest BCUT2D eigenvalue weighted by molar-refractivity contribution is 0.0559. The van der Waals surface area contributed by atoms with Gasteiger partial charge in [-0.1, -0.05) is 0 Å². The number of H-pyrrole nitrogens is 1. The zero-order chi connectivity index (χ0) is 15.4. The number of amides is 1. The highest BCUT2D eigenvalue weighted by Gasteiger charge is 2.27. The Labute approximate surface area is 131 Å². The number of rotatable bonds is 5. The predicted molar refractivity (Wildman–Crippen MR) is 82.8 cm³/mol. The van der Waals surface area contributed by atoms with Gasteiger partial charge >= 0.3 is 0 Å². The molecule has 0 atom stereocenters. The maximum atomic E-state index is 12.7. The average molecular weight is 307 g/mol. The Kier molecular flexibility index (Phi) is 5.07. The minimum Gasteiger partial charge on any atom is -0.380 e. The van der Waals surface area contributed by atoms with Crippen molar-refractivity contribution in [2.45, 2.75) is 19.9 Å². The lowest BCUT2D eigenvalue weighted by atomic mass is 10.1. The number of nitrogens with one attached hydrogen (secondary N) is 2. The second-order valence-electron chi connectivity index (χ2n) is 5.79. The minimum absolute atomic E-state index is 0.0608. The van der Waals surface area contributed by atoms with Crippen LogP contribution in [0.15, 0.2) is 0 Å². The minimum atomic E-state index is 0.0608. The predicted octanol–water partition coefficient (Wildman–Crippen LogP) is -0.150. The molecular weight excluding hydrogens is 282 g/mol. The molecule has 0 spiro atoms. The third kappa shape index (κ3) is 3.31. The van der Waals surface area contributed by atoms with Crippen molar-refractivity contribution in [3.8, 4) is 0 Å². The van der Waals surface area contributed by atoms with E-state index in [1.54, 1.807) is 0 Å². The van der Waals surface area contributed by atoms with Crippen LogP contribution in [0.1, 0.15) is 28.7 Å². The third-order valence-corrected chi connectivity index (χ3v) is 4.42. The lowest BCUT2D eigenvalue weighted by Gasteiger charge is -2.34. The fraction of sp³-hybridized carbons (Fsp3) is 0.733. The van der Waals surface area contributed by atoms with E-state index < -0.39 is 0 Å². The molecule has 1 fully saturated rings. The third-order valence-electron chi connectivity index (χ3n) is 4.42. The number of carbonyl (C=O) groups is 1. The van der Waals surface area contributed by atoms with Crippen LogP contribution in [0, 0.1) is 0 Å². The number of aromatic nitrogens is 2. The van der Waals surface area contributed by atoms with Crippen LogP contribution in [0.4, 0.5) is 0 Å². The Morgan fingerprint density at radius 2 is 2.14 bits per heavy atom. The Bertz CT molecular complexity index is 508. The first-order valence-corrected chi connectivity index (χ1v) is 8.15. The lowest BCUT2D eigenvalue weighted by Crippen LogP contribution is -2.49. The number of ether oxygens (including phenoxy) is 1. The van der Waals surface area contributed by atoms with Gasteiger partial charge in [-0.15, -0.1) is 0 Å². The molecule has 0 bridgehead atoms. The van der Waals surface area contributed by atoms with E-state index in [4.69, 9.17) is 4.74 Å². The normalized spacial score (nSPS) is 19.2. The van der Waals surface area contributed by atoms with Crippen LogP contribution in [0.3, 0.4) is 0 Å². The molecule has 7 heteroatoms. The fourth-order valence-corrected chi connectivity index (χ4v) is 3.06. The van der Waals surface area contributed by atoms with Crippen LogP contribution in [0.2, 0.25) is 0 Å². The average Bonchev–Trinajstić information content (AvgIpc) is 2.99. The molecule has 0 radical (unpaired) electrons. The van der Waals surface area contributed by atoms with Gasteiger partial charge in [0.25, 0.3) is 5.91 Å². The summed E-state index contributed by atoms with van der Waals surface area (Å²) < 4.78 is 5.39. The van der Waals surface area contributed by atoms with Crippen molar-refractivity contribution >= 4 is 5.91 Å². The second-order valence-corrected chi connectivity index (χ2v) is 5.79. The zero-order valence-electron chi connectivity index (χ0n) is 13.2. The molecule has 1 aromatic rings. The fourth-order valence-electron chi connectivity index (χ4n) is 3.06. The molecule has 1 aromatic heterocycles. The largest absolute Gasteiger partial charge is 0.380 e. The van der Waals surface area contributed by atoms with E-state index >= 15 is 0 Å². The smallest absolute Gasteiger partial charge is 0.274 e. The zero-order valence-corrected chi connectivity index (χ0v) is 13.2.